The third-order valence-corrected chi connectivity index (χ3v) is 3.18. The summed E-state index contributed by atoms with van der Waals surface area (Å²) in [6.45, 7) is 2.90. The molecule has 0 amide bonds. The van der Waals surface area contributed by atoms with Crippen molar-refractivity contribution < 1.29 is 10.2 Å². The van der Waals surface area contributed by atoms with Crippen LogP contribution in [-0.2, 0) is 4.74 Å². The highest BCUT2D eigenvalue weighted by molar-refractivity contribution is 4.81. The summed E-state index contributed by atoms with van der Waals surface area (Å²) in [6, 6.07) is 1.00. The molecule has 0 aromatic heterocycles. The molecule has 0 saturated heterocycles. The van der Waals surface area contributed by atoms with Gasteiger partial charge in [-0.25, -0.2) is 0 Å². The number of quaternary nitrogens is 1. The van der Waals surface area contributed by atoms with Gasteiger partial charge in [-0.05, 0) is 19.8 Å². The first-order valence-electron chi connectivity index (χ1n) is 5.75. The monoisotopic (exact) mass is 198 g/mol. The van der Waals surface area contributed by atoms with Crippen LogP contribution in [0.1, 0.15) is 39.0 Å². The topological polar surface area (TPSA) is 50.6 Å². The number of nitrogens with zero attached hydrogens (tertiary/aromatic N) is 2. The summed E-state index contributed by atoms with van der Waals surface area (Å²) < 4.78 is 5.72. The number of hydrogen-bond donors (Lipinski definition) is 1. The molecular formula is C10H20N3O+. The zero-order valence-corrected chi connectivity index (χ0v) is 8.85. The molecule has 2 N–H and O–H groups in total. The van der Waals surface area contributed by atoms with Crippen LogP contribution >= 0.6 is 0 Å². The van der Waals surface area contributed by atoms with Gasteiger partial charge in [-0.3, -0.25) is 0 Å². The minimum atomic E-state index is 0.438. The highest BCUT2D eigenvalue weighted by Crippen LogP contribution is 2.22. The van der Waals surface area contributed by atoms with Crippen molar-refractivity contribution in [1.29, 1.82) is 0 Å². The lowest BCUT2D eigenvalue weighted by molar-refractivity contribution is -0.690. The lowest BCUT2D eigenvalue weighted by atomic mass is 9.92. The molecule has 0 aromatic carbocycles. The van der Waals surface area contributed by atoms with E-state index in [0.29, 0.717) is 18.2 Å². The van der Waals surface area contributed by atoms with Crippen LogP contribution in [0.5, 0.6) is 0 Å². The second-order valence-electron chi connectivity index (χ2n) is 4.21. The standard InChI is InChI=1S/C10H19N3O/c1-2-14-8-5-3-4-6-9-10(7-8)12-13-11-9/h8-10H,2-7H2,1H3,(H,11,12)/p+1. The fourth-order valence-corrected chi connectivity index (χ4v) is 2.42. The van der Waals surface area contributed by atoms with Crippen molar-refractivity contribution in [3.63, 3.8) is 0 Å². The molecule has 4 heteroatoms. The molecule has 1 aliphatic heterocycles. The van der Waals surface area contributed by atoms with Gasteiger partial charge in [0.25, 0.3) is 0 Å². The Kier molecular flexibility index (Phi) is 3.48. The molecule has 1 aliphatic carbocycles. The second-order valence-corrected chi connectivity index (χ2v) is 4.21. The predicted octanol–water partition coefficient (Wildman–Crippen LogP) is 1.04. The quantitative estimate of drug-likeness (QED) is 0.662. The van der Waals surface area contributed by atoms with Crippen LogP contribution in [0.2, 0.25) is 0 Å². The van der Waals surface area contributed by atoms with E-state index < -0.39 is 0 Å². The lowest BCUT2D eigenvalue weighted by Crippen LogP contribution is -2.84. The van der Waals surface area contributed by atoms with E-state index in [4.69, 9.17) is 4.74 Å². The zero-order chi connectivity index (χ0) is 9.80. The van der Waals surface area contributed by atoms with Crippen LogP contribution in [0.25, 0.3) is 0 Å². The van der Waals surface area contributed by atoms with Crippen molar-refractivity contribution in [2.45, 2.75) is 57.2 Å². The van der Waals surface area contributed by atoms with Gasteiger partial charge >= 0.3 is 0 Å². The van der Waals surface area contributed by atoms with E-state index in [0.717, 1.165) is 13.0 Å². The molecule has 2 rings (SSSR count). The molecule has 1 saturated carbocycles. The van der Waals surface area contributed by atoms with E-state index >= 15 is 0 Å². The Morgan fingerprint density at radius 1 is 1.36 bits per heavy atom. The van der Waals surface area contributed by atoms with Crippen molar-refractivity contribution in [3.8, 4) is 0 Å². The Labute approximate surface area is 85.1 Å². The average Bonchev–Trinajstić information content (AvgIpc) is 2.55. The zero-order valence-electron chi connectivity index (χ0n) is 8.85. The molecule has 0 radical (unpaired) electrons. The van der Waals surface area contributed by atoms with Gasteiger partial charge in [-0.2, -0.15) is 5.43 Å². The number of nitrogens with two attached hydrogens (primary N) is 1. The van der Waals surface area contributed by atoms with Crippen LogP contribution < -0.4 is 5.43 Å². The van der Waals surface area contributed by atoms with Gasteiger partial charge in [0, 0.05) is 18.3 Å². The predicted molar refractivity (Wildman–Crippen MR) is 52.9 cm³/mol. The van der Waals surface area contributed by atoms with Gasteiger partial charge in [0.05, 0.1) is 6.10 Å². The maximum Gasteiger partial charge on any atom is 0.138 e. The molecule has 14 heavy (non-hydrogen) atoms. The Bertz CT molecular complexity index is 208. The van der Waals surface area contributed by atoms with Gasteiger partial charge < -0.3 is 4.74 Å². The van der Waals surface area contributed by atoms with Gasteiger partial charge in [-0.15, -0.1) is 5.11 Å². The second kappa shape index (κ2) is 4.84. The summed E-state index contributed by atoms with van der Waals surface area (Å²) in [5.41, 5.74) is 2.02. The molecule has 4 nitrogen and oxygen atoms in total. The lowest BCUT2D eigenvalue weighted by Gasteiger charge is -2.23. The third-order valence-electron chi connectivity index (χ3n) is 3.18. The molecule has 0 bridgehead atoms. The molecule has 1 heterocycles. The summed E-state index contributed by atoms with van der Waals surface area (Å²) in [4.78, 5) is 0. The molecule has 0 aromatic rings. The SMILES string of the molecule is CCOC1CCCCC2N=N[NH2+]C2C1. The van der Waals surface area contributed by atoms with Crippen LogP contribution in [0.3, 0.4) is 0 Å². The number of hydrogen-bond acceptors (Lipinski definition) is 3. The summed E-state index contributed by atoms with van der Waals surface area (Å²) in [5, 5.41) is 8.32. The van der Waals surface area contributed by atoms with E-state index in [1.54, 1.807) is 0 Å². The Morgan fingerprint density at radius 2 is 2.21 bits per heavy atom. The Balaban J connectivity index is 1.91. The maximum atomic E-state index is 5.72. The normalized spacial score (nSPS) is 37.6. The van der Waals surface area contributed by atoms with Crippen molar-refractivity contribution in [2.24, 2.45) is 10.3 Å². The summed E-state index contributed by atoms with van der Waals surface area (Å²) in [7, 11) is 0. The average molecular weight is 198 g/mol. The van der Waals surface area contributed by atoms with E-state index in [2.05, 4.69) is 17.3 Å². The van der Waals surface area contributed by atoms with Gasteiger partial charge in [-0.1, -0.05) is 12.8 Å². The largest absolute Gasteiger partial charge is 0.378 e. The van der Waals surface area contributed by atoms with Gasteiger partial charge in [0.2, 0.25) is 0 Å². The smallest absolute Gasteiger partial charge is 0.138 e. The fraction of sp³-hybridized carbons (Fsp3) is 1.00. The van der Waals surface area contributed by atoms with E-state index in [1.807, 2.05) is 5.43 Å². The summed E-state index contributed by atoms with van der Waals surface area (Å²) in [6.07, 6.45) is 6.54. The minimum Gasteiger partial charge on any atom is -0.378 e. The fourth-order valence-electron chi connectivity index (χ4n) is 2.42. The number of fused-ring (bicyclic) bond motifs is 1. The van der Waals surface area contributed by atoms with Crippen LogP contribution in [0.4, 0.5) is 0 Å². The molecule has 1 fully saturated rings. The van der Waals surface area contributed by atoms with E-state index in [9.17, 15) is 0 Å². The van der Waals surface area contributed by atoms with Crippen molar-refractivity contribution >= 4 is 0 Å². The molecule has 2 aliphatic rings. The highest BCUT2D eigenvalue weighted by Gasteiger charge is 2.33. The number of ether oxygens (including phenoxy) is 1. The first kappa shape index (κ1) is 10.1. The summed E-state index contributed by atoms with van der Waals surface area (Å²) >= 11 is 0. The molecule has 3 unspecified atom stereocenters. The highest BCUT2D eigenvalue weighted by atomic mass is 16.5. The Morgan fingerprint density at radius 3 is 3.07 bits per heavy atom. The third kappa shape index (κ3) is 2.30. The first-order chi connectivity index (χ1) is 6.90. The van der Waals surface area contributed by atoms with Crippen LogP contribution in [0, 0.1) is 0 Å². The maximum absolute atomic E-state index is 5.72. The number of rotatable bonds is 2. The van der Waals surface area contributed by atoms with Crippen molar-refractivity contribution in [1.82, 2.24) is 0 Å². The molecule has 3 atom stereocenters. The van der Waals surface area contributed by atoms with Gasteiger partial charge in [0.15, 0.2) is 0 Å². The summed E-state index contributed by atoms with van der Waals surface area (Å²) in [5.74, 6) is 0. The minimum absolute atomic E-state index is 0.438. The van der Waals surface area contributed by atoms with Crippen molar-refractivity contribution in [2.75, 3.05) is 6.61 Å². The van der Waals surface area contributed by atoms with Crippen LogP contribution in [-0.4, -0.2) is 24.8 Å². The Hall–Kier alpha value is -0.480. The van der Waals surface area contributed by atoms with Crippen molar-refractivity contribution in [3.05, 3.63) is 0 Å². The van der Waals surface area contributed by atoms with E-state index in [1.165, 1.54) is 25.7 Å². The molecule has 80 valence electrons. The van der Waals surface area contributed by atoms with E-state index in [-0.39, 0.29) is 0 Å². The molecule has 0 spiro atoms. The molecular weight excluding hydrogens is 178 g/mol. The van der Waals surface area contributed by atoms with Gasteiger partial charge in [0.1, 0.15) is 12.1 Å². The first-order valence-corrected chi connectivity index (χ1v) is 5.75. The van der Waals surface area contributed by atoms with Crippen LogP contribution in [0.15, 0.2) is 10.3 Å².